The van der Waals surface area contributed by atoms with E-state index in [1.807, 2.05) is 6.92 Å². The van der Waals surface area contributed by atoms with Crippen LogP contribution in [0.1, 0.15) is 13.3 Å². The monoisotopic (exact) mass is 172 g/mol. The van der Waals surface area contributed by atoms with Crippen LogP contribution in [0.2, 0.25) is 0 Å². The van der Waals surface area contributed by atoms with Crippen molar-refractivity contribution >= 4 is 30.3 Å². The zero-order valence-electron chi connectivity index (χ0n) is 4.57. The van der Waals surface area contributed by atoms with E-state index in [0.717, 1.165) is 6.42 Å². The molecule has 0 saturated heterocycles. The Kier molecular flexibility index (Phi) is 4.26. The molecule has 0 atom stereocenters. The Labute approximate surface area is 59.8 Å². The zero-order valence-corrected chi connectivity index (χ0v) is 7.26. The van der Waals surface area contributed by atoms with Crippen LogP contribution < -0.4 is 0 Å². The summed E-state index contributed by atoms with van der Waals surface area (Å²) in [6, 6.07) is 0. The zero-order chi connectivity index (χ0) is 6.62. The van der Waals surface area contributed by atoms with Gasteiger partial charge in [-0.1, -0.05) is 31.4 Å². The second kappa shape index (κ2) is 3.83. The molecule has 0 aromatic rings. The first-order valence-corrected chi connectivity index (χ1v) is 6.19. The molecule has 0 aromatic heterocycles. The molecule has 0 aliphatic heterocycles. The van der Waals surface area contributed by atoms with E-state index in [1.165, 1.54) is 0 Å². The predicted molar refractivity (Wildman–Crippen MR) is 41.8 cm³/mol. The summed E-state index contributed by atoms with van der Waals surface area (Å²) in [5.41, 5.74) is 0. The summed E-state index contributed by atoms with van der Waals surface area (Å²) >= 11 is 7.17. The van der Waals surface area contributed by atoms with Gasteiger partial charge < -0.3 is 4.52 Å². The average Bonchev–Trinajstić information content (AvgIpc) is 1.59. The summed E-state index contributed by atoms with van der Waals surface area (Å²) in [5.74, 6) is -2.79. The van der Waals surface area contributed by atoms with Crippen molar-refractivity contribution in [2.45, 2.75) is 13.3 Å². The van der Waals surface area contributed by atoms with Gasteiger partial charge in [-0.05, 0) is 6.42 Å². The maximum atomic E-state index is 10.5. The van der Waals surface area contributed by atoms with Gasteiger partial charge in [0.2, 0.25) is 0 Å². The Hall–Kier alpha value is 0.890. The molecular formula is C3H9O2PS2. The van der Waals surface area contributed by atoms with Gasteiger partial charge in [-0.25, -0.2) is 0 Å². The predicted octanol–water partition coefficient (Wildman–Crippen LogP) is 2.38. The molecule has 0 heterocycles. The van der Waals surface area contributed by atoms with Crippen LogP contribution in [0.25, 0.3) is 0 Å². The molecule has 2 nitrogen and oxygen atoms in total. The van der Waals surface area contributed by atoms with Crippen molar-refractivity contribution in [3.05, 3.63) is 0 Å². The molecule has 50 valence electrons. The molecule has 0 fully saturated rings. The van der Waals surface area contributed by atoms with Gasteiger partial charge in [0.1, 0.15) is 0 Å². The summed E-state index contributed by atoms with van der Waals surface area (Å²) in [5, 5.41) is 0. The molecule has 0 unspecified atom stereocenters. The van der Waals surface area contributed by atoms with Crippen LogP contribution >= 0.6 is 30.3 Å². The van der Waals surface area contributed by atoms with E-state index in [1.54, 1.807) is 0 Å². The number of rotatable bonds is 3. The fourth-order valence-corrected chi connectivity index (χ4v) is 1.12. The highest BCUT2D eigenvalue weighted by atomic mass is 33.1. The maximum absolute atomic E-state index is 10.5. The van der Waals surface area contributed by atoms with Crippen molar-refractivity contribution in [3.8, 4) is 0 Å². The molecule has 0 amide bonds. The Morgan fingerprint density at radius 3 is 2.25 bits per heavy atom. The average molecular weight is 172 g/mol. The van der Waals surface area contributed by atoms with Crippen molar-refractivity contribution in [1.29, 1.82) is 0 Å². The molecule has 0 N–H and O–H groups in total. The second-order valence-corrected chi connectivity index (χ2v) is 6.67. The summed E-state index contributed by atoms with van der Waals surface area (Å²) in [4.78, 5) is 0. The lowest BCUT2D eigenvalue weighted by Gasteiger charge is -2.02. The molecule has 0 aromatic carbocycles. The fourth-order valence-electron chi connectivity index (χ4n) is 0.210. The number of thiol groups is 2. The minimum atomic E-state index is -2.79. The summed E-state index contributed by atoms with van der Waals surface area (Å²) in [7, 11) is 0. The van der Waals surface area contributed by atoms with E-state index in [-0.39, 0.29) is 0 Å². The molecule has 0 spiro atoms. The maximum Gasteiger partial charge on any atom is 0.307 e. The lowest BCUT2D eigenvalue weighted by Crippen LogP contribution is -1.81. The normalized spacial score (nSPS) is 11.9. The third-order valence-electron chi connectivity index (χ3n) is 0.464. The highest BCUT2D eigenvalue weighted by Crippen LogP contribution is 2.56. The molecule has 0 bridgehead atoms. The van der Waals surface area contributed by atoms with E-state index in [9.17, 15) is 4.57 Å². The van der Waals surface area contributed by atoms with E-state index >= 15 is 0 Å². The van der Waals surface area contributed by atoms with Gasteiger partial charge in [0, 0.05) is 0 Å². The third kappa shape index (κ3) is 6.89. The number of hydrogen-bond acceptors (Lipinski definition) is 2. The van der Waals surface area contributed by atoms with E-state index in [2.05, 4.69) is 29.0 Å². The quantitative estimate of drug-likeness (QED) is 0.505. The summed E-state index contributed by atoms with van der Waals surface area (Å²) in [6.07, 6.45) is 0.838. The Balaban J connectivity index is 3.26. The van der Waals surface area contributed by atoms with E-state index in [0.29, 0.717) is 6.61 Å². The van der Waals surface area contributed by atoms with Crippen molar-refractivity contribution in [2.75, 3.05) is 6.61 Å². The first kappa shape index (κ1) is 8.89. The highest BCUT2D eigenvalue weighted by molar-refractivity contribution is 8.79. The molecule has 5 heteroatoms. The van der Waals surface area contributed by atoms with Gasteiger partial charge in [0.15, 0.2) is 0 Å². The first-order valence-electron chi connectivity index (χ1n) is 2.26. The molecule has 0 saturated carbocycles. The van der Waals surface area contributed by atoms with Crippen molar-refractivity contribution < 1.29 is 9.09 Å². The molecule has 0 rings (SSSR count). The minimum Gasteiger partial charge on any atom is -0.314 e. The Morgan fingerprint density at radius 1 is 1.62 bits per heavy atom. The van der Waals surface area contributed by atoms with Crippen LogP contribution in [0.3, 0.4) is 0 Å². The van der Waals surface area contributed by atoms with Crippen molar-refractivity contribution in [1.82, 2.24) is 0 Å². The highest BCUT2D eigenvalue weighted by Gasteiger charge is 2.06. The van der Waals surface area contributed by atoms with Crippen LogP contribution in [-0.4, -0.2) is 6.61 Å². The van der Waals surface area contributed by atoms with Gasteiger partial charge in [-0.2, -0.15) is 0 Å². The van der Waals surface area contributed by atoms with Crippen LogP contribution in [0.4, 0.5) is 0 Å². The lowest BCUT2D eigenvalue weighted by atomic mass is 10.5. The van der Waals surface area contributed by atoms with E-state index < -0.39 is 5.77 Å². The molecule has 0 aliphatic rings. The molecular weight excluding hydrogens is 163 g/mol. The van der Waals surface area contributed by atoms with Gasteiger partial charge in [-0.3, -0.25) is 4.57 Å². The largest absolute Gasteiger partial charge is 0.314 e. The fraction of sp³-hybridized carbons (Fsp3) is 1.00. The lowest BCUT2D eigenvalue weighted by molar-refractivity contribution is 0.336. The van der Waals surface area contributed by atoms with Crippen molar-refractivity contribution in [3.63, 3.8) is 0 Å². The minimum absolute atomic E-state index is 0.463. The van der Waals surface area contributed by atoms with E-state index in [4.69, 9.17) is 0 Å². The first-order chi connectivity index (χ1) is 3.56. The van der Waals surface area contributed by atoms with Crippen molar-refractivity contribution in [2.24, 2.45) is 0 Å². The Bertz CT molecular complexity index is 99.5. The number of hydrogen-bond donors (Lipinski definition) is 2. The van der Waals surface area contributed by atoms with Gasteiger partial charge in [0.05, 0.1) is 6.61 Å². The van der Waals surface area contributed by atoms with Gasteiger partial charge in [0.25, 0.3) is 0 Å². The molecule has 0 aliphatic carbocycles. The smallest absolute Gasteiger partial charge is 0.307 e. The molecule has 0 radical (unpaired) electrons. The standard InChI is InChI=1S/C3H9O2PS2/c1-2-3-5-6(4,7)8/h2-3H2,1H3,(H2,4,7,8). The van der Waals surface area contributed by atoms with Crippen LogP contribution in [-0.2, 0) is 9.09 Å². The van der Waals surface area contributed by atoms with Crippen LogP contribution in [0, 0.1) is 0 Å². The topological polar surface area (TPSA) is 26.3 Å². The summed E-state index contributed by atoms with van der Waals surface area (Å²) < 4.78 is 15.1. The van der Waals surface area contributed by atoms with Crippen LogP contribution in [0.5, 0.6) is 0 Å². The van der Waals surface area contributed by atoms with Crippen LogP contribution in [0.15, 0.2) is 0 Å². The third-order valence-corrected chi connectivity index (χ3v) is 1.68. The Morgan fingerprint density at radius 2 is 2.12 bits per heavy atom. The van der Waals surface area contributed by atoms with Gasteiger partial charge in [-0.15, -0.1) is 0 Å². The molecule has 8 heavy (non-hydrogen) atoms. The van der Waals surface area contributed by atoms with Gasteiger partial charge >= 0.3 is 5.77 Å². The summed E-state index contributed by atoms with van der Waals surface area (Å²) in [6.45, 7) is 2.39. The SMILES string of the molecule is CCCOP(=O)(S)S. The second-order valence-electron chi connectivity index (χ2n) is 1.32.